The van der Waals surface area contributed by atoms with Crippen molar-refractivity contribution in [1.29, 1.82) is 0 Å². The van der Waals surface area contributed by atoms with Crippen molar-refractivity contribution in [3.05, 3.63) is 46.7 Å². The molecule has 0 amide bonds. The van der Waals surface area contributed by atoms with Crippen LogP contribution in [0.2, 0.25) is 5.02 Å². The number of ether oxygens (including phenoxy) is 1. The highest BCUT2D eigenvalue weighted by molar-refractivity contribution is 6.33. The van der Waals surface area contributed by atoms with Crippen LogP contribution in [0.25, 0.3) is 0 Å². The third-order valence-corrected chi connectivity index (χ3v) is 3.82. The maximum absolute atomic E-state index is 11.0. The molecule has 1 aromatic carbocycles. The molecule has 1 aromatic heterocycles. The molecule has 0 unspecified atom stereocenters. The van der Waals surface area contributed by atoms with Crippen LogP contribution in [0.1, 0.15) is 48.8 Å². The fourth-order valence-electron chi connectivity index (χ4n) is 2.23. The largest absolute Gasteiger partial charge is 0.486 e. The number of carbonyl (C=O) groups excluding carboxylic acids is 1. The lowest BCUT2D eigenvalue weighted by molar-refractivity contribution is 0.111. The molecule has 4 nitrogen and oxygen atoms in total. The van der Waals surface area contributed by atoms with Gasteiger partial charge in [-0.2, -0.15) is 5.10 Å². The van der Waals surface area contributed by atoms with Crippen molar-refractivity contribution in [1.82, 2.24) is 9.78 Å². The first-order valence-electron chi connectivity index (χ1n) is 7.10. The van der Waals surface area contributed by atoms with Gasteiger partial charge in [0.1, 0.15) is 12.4 Å². The summed E-state index contributed by atoms with van der Waals surface area (Å²) in [5.74, 6) is 0.481. The van der Waals surface area contributed by atoms with Crippen molar-refractivity contribution in [3.63, 3.8) is 0 Å². The van der Waals surface area contributed by atoms with Crippen LogP contribution in [-0.4, -0.2) is 16.1 Å². The summed E-state index contributed by atoms with van der Waals surface area (Å²) >= 11 is 5.96. The molecule has 112 valence electrons. The molecule has 0 atom stereocenters. The molecule has 0 saturated carbocycles. The standard InChI is InChI=1S/C16H19ClN2O2/c1-3-13(4-2)19-9-8-12(18-19)11-21-16-7-5-6-15(17)14(16)10-20/h5-10,13H,3-4,11H2,1-2H3. The van der Waals surface area contributed by atoms with E-state index in [0.29, 0.717) is 35.3 Å². The molecule has 1 heterocycles. The van der Waals surface area contributed by atoms with Crippen LogP contribution in [0.4, 0.5) is 0 Å². The second kappa shape index (κ2) is 7.27. The molecule has 0 aliphatic rings. The lowest BCUT2D eigenvalue weighted by Gasteiger charge is -2.12. The molecule has 2 rings (SSSR count). The van der Waals surface area contributed by atoms with Crippen molar-refractivity contribution in [2.75, 3.05) is 0 Å². The van der Waals surface area contributed by atoms with Gasteiger partial charge in [-0.05, 0) is 31.0 Å². The monoisotopic (exact) mass is 306 g/mol. The first-order valence-corrected chi connectivity index (χ1v) is 7.47. The van der Waals surface area contributed by atoms with E-state index >= 15 is 0 Å². The summed E-state index contributed by atoms with van der Waals surface area (Å²) in [6.07, 6.45) is 4.76. The van der Waals surface area contributed by atoms with Gasteiger partial charge in [-0.25, -0.2) is 0 Å². The van der Waals surface area contributed by atoms with Gasteiger partial charge in [0, 0.05) is 6.20 Å². The van der Waals surface area contributed by atoms with E-state index in [9.17, 15) is 4.79 Å². The molecule has 0 bridgehead atoms. The number of hydrogen-bond acceptors (Lipinski definition) is 3. The lowest BCUT2D eigenvalue weighted by Crippen LogP contribution is -2.08. The van der Waals surface area contributed by atoms with Gasteiger partial charge in [0.2, 0.25) is 0 Å². The fraction of sp³-hybridized carbons (Fsp3) is 0.375. The smallest absolute Gasteiger partial charge is 0.155 e. The zero-order valence-corrected chi connectivity index (χ0v) is 13.0. The highest BCUT2D eigenvalue weighted by atomic mass is 35.5. The Morgan fingerprint density at radius 3 is 2.76 bits per heavy atom. The molecular weight excluding hydrogens is 288 g/mol. The molecule has 0 radical (unpaired) electrons. The third kappa shape index (κ3) is 3.64. The molecule has 2 aromatic rings. The third-order valence-electron chi connectivity index (χ3n) is 3.49. The van der Waals surface area contributed by atoms with Crippen LogP contribution >= 0.6 is 11.6 Å². The Kier molecular flexibility index (Phi) is 5.39. The van der Waals surface area contributed by atoms with Gasteiger partial charge >= 0.3 is 0 Å². The summed E-state index contributed by atoms with van der Waals surface area (Å²) in [4.78, 5) is 11.0. The molecule has 21 heavy (non-hydrogen) atoms. The summed E-state index contributed by atoms with van der Waals surface area (Å²) in [6, 6.07) is 7.50. The maximum Gasteiger partial charge on any atom is 0.155 e. The first kappa shape index (κ1) is 15.6. The van der Waals surface area contributed by atoms with Gasteiger partial charge in [0.15, 0.2) is 6.29 Å². The van der Waals surface area contributed by atoms with E-state index in [4.69, 9.17) is 16.3 Å². The predicted octanol–water partition coefficient (Wildman–Crippen LogP) is 4.29. The quantitative estimate of drug-likeness (QED) is 0.717. The zero-order valence-electron chi connectivity index (χ0n) is 12.3. The lowest BCUT2D eigenvalue weighted by atomic mass is 10.2. The number of benzene rings is 1. The maximum atomic E-state index is 11.0. The van der Waals surface area contributed by atoms with Crippen molar-refractivity contribution in [3.8, 4) is 5.75 Å². The minimum Gasteiger partial charge on any atom is -0.486 e. The summed E-state index contributed by atoms with van der Waals surface area (Å²) in [5, 5.41) is 4.91. The van der Waals surface area contributed by atoms with Gasteiger partial charge in [0.05, 0.1) is 22.3 Å². The Morgan fingerprint density at radius 1 is 1.33 bits per heavy atom. The molecule has 0 fully saturated rings. The number of halogens is 1. The molecule has 0 N–H and O–H groups in total. The first-order chi connectivity index (χ1) is 10.2. The van der Waals surface area contributed by atoms with E-state index in [1.165, 1.54) is 0 Å². The van der Waals surface area contributed by atoms with E-state index in [1.54, 1.807) is 18.2 Å². The number of rotatable bonds is 7. The Balaban J connectivity index is 2.07. The van der Waals surface area contributed by atoms with E-state index < -0.39 is 0 Å². The molecular formula is C16H19ClN2O2. The van der Waals surface area contributed by atoms with Gasteiger partial charge < -0.3 is 4.74 Å². The van der Waals surface area contributed by atoms with Gasteiger partial charge in [-0.15, -0.1) is 0 Å². The van der Waals surface area contributed by atoms with Crippen molar-refractivity contribution in [2.24, 2.45) is 0 Å². The Labute approximate surface area is 129 Å². The number of carbonyl (C=O) groups is 1. The molecule has 0 aliphatic heterocycles. The molecule has 0 spiro atoms. The van der Waals surface area contributed by atoms with Crippen LogP contribution < -0.4 is 4.74 Å². The number of nitrogens with zero attached hydrogens (tertiary/aromatic N) is 2. The van der Waals surface area contributed by atoms with Gasteiger partial charge in [0.25, 0.3) is 0 Å². The molecule has 0 aliphatic carbocycles. The minimum absolute atomic E-state index is 0.314. The second-order valence-corrected chi connectivity index (χ2v) is 5.22. The van der Waals surface area contributed by atoms with Crippen molar-refractivity contribution < 1.29 is 9.53 Å². The minimum atomic E-state index is 0.314. The second-order valence-electron chi connectivity index (χ2n) is 4.82. The topological polar surface area (TPSA) is 44.1 Å². The van der Waals surface area contributed by atoms with Crippen molar-refractivity contribution >= 4 is 17.9 Å². The normalized spacial score (nSPS) is 10.9. The molecule has 0 saturated heterocycles. The van der Waals surface area contributed by atoms with Crippen molar-refractivity contribution in [2.45, 2.75) is 39.3 Å². The van der Waals surface area contributed by atoms with E-state index in [-0.39, 0.29) is 0 Å². The number of hydrogen-bond donors (Lipinski definition) is 0. The van der Waals surface area contributed by atoms with Crippen LogP contribution in [0.5, 0.6) is 5.75 Å². The highest BCUT2D eigenvalue weighted by Gasteiger charge is 2.10. The highest BCUT2D eigenvalue weighted by Crippen LogP contribution is 2.25. The summed E-state index contributed by atoms with van der Waals surface area (Å²) in [7, 11) is 0. The summed E-state index contributed by atoms with van der Waals surface area (Å²) in [6.45, 7) is 4.61. The Morgan fingerprint density at radius 2 is 2.10 bits per heavy atom. The van der Waals surface area contributed by atoms with Crippen LogP contribution in [0, 0.1) is 0 Å². The van der Waals surface area contributed by atoms with E-state index in [1.807, 2.05) is 16.9 Å². The Hall–Kier alpha value is -1.81. The van der Waals surface area contributed by atoms with E-state index in [0.717, 1.165) is 18.5 Å². The van der Waals surface area contributed by atoms with Gasteiger partial charge in [-0.3, -0.25) is 9.48 Å². The van der Waals surface area contributed by atoms with Crippen LogP contribution in [-0.2, 0) is 6.61 Å². The number of aromatic nitrogens is 2. The summed E-state index contributed by atoms with van der Waals surface area (Å²) < 4.78 is 7.63. The SMILES string of the molecule is CCC(CC)n1ccc(COc2cccc(Cl)c2C=O)n1. The molecule has 5 heteroatoms. The average Bonchev–Trinajstić information content (AvgIpc) is 2.95. The fourth-order valence-corrected chi connectivity index (χ4v) is 2.44. The Bertz CT molecular complexity index is 606. The zero-order chi connectivity index (χ0) is 15.2. The van der Waals surface area contributed by atoms with E-state index in [2.05, 4.69) is 18.9 Å². The van der Waals surface area contributed by atoms with Crippen LogP contribution in [0.3, 0.4) is 0 Å². The number of aldehydes is 1. The average molecular weight is 307 g/mol. The summed E-state index contributed by atoms with van der Waals surface area (Å²) in [5.41, 5.74) is 1.21. The predicted molar refractivity (Wildman–Crippen MR) is 83.0 cm³/mol. The van der Waals surface area contributed by atoms with Gasteiger partial charge in [-0.1, -0.05) is 31.5 Å². The van der Waals surface area contributed by atoms with Crippen LogP contribution in [0.15, 0.2) is 30.5 Å².